The van der Waals surface area contributed by atoms with Crippen molar-refractivity contribution in [3.63, 3.8) is 0 Å². The number of fused-ring (bicyclic) bond motifs is 6. The topological polar surface area (TPSA) is 42.3 Å². The number of hydrogen-bond acceptors (Lipinski definition) is 3. The molecule has 2 atom stereocenters. The molecule has 0 amide bonds. The number of aromatic nitrogens is 1. The van der Waals surface area contributed by atoms with E-state index < -0.39 is 10.0 Å². The zero-order valence-electron chi connectivity index (χ0n) is 15.3. The SMILES string of the molecule is Cc1ccc(S(=O)(=O)n2c3c(c4cc(Br)ccc42)C2CCC(C3)N2C)cc1. The molecule has 0 aliphatic carbocycles. The monoisotopic (exact) mass is 444 g/mol. The van der Waals surface area contributed by atoms with Gasteiger partial charge in [0.2, 0.25) is 0 Å². The summed E-state index contributed by atoms with van der Waals surface area (Å²) in [5.41, 5.74) is 3.99. The Hall–Kier alpha value is -1.63. The number of likely N-dealkylation sites (N-methyl/N-ethyl adjacent to an activating group) is 1. The van der Waals surface area contributed by atoms with Crippen molar-refractivity contribution in [1.29, 1.82) is 0 Å². The molecule has 2 aromatic carbocycles. The van der Waals surface area contributed by atoms with Crippen LogP contribution in [0.15, 0.2) is 51.8 Å². The molecule has 0 N–H and O–H groups in total. The van der Waals surface area contributed by atoms with Gasteiger partial charge < -0.3 is 0 Å². The minimum atomic E-state index is -3.65. The van der Waals surface area contributed by atoms with E-state index in [1.807, 2.05) is 31.2 Å². The Kier molecular flexibility index (Phi) is 3.84. The van der Waals surface area contributed by atoms with Crippen molar-refractivity contribution < 1.29 is 8.42 Å². The zero-order valence-corrected chi connectivity index (χ0v) is 17.7. The van der Waals surface area contributed by atoms with Crippen LogP contribution in [0.25, 0.3) is 10.9 Å². The Morgan fingerprint density at radius 2 is 1.81 bits per heavy atom. The molecule has 4 nitrogen and oxygen atoms in total. The molecule has 27 heavy (non-hydrogen) atoms. The second-order valence-electron chi connectivity index (χ2n) is 7.72. The highest BCUT2D eigenvalue weighted by atomic mass is 79.9. The third-order valence-electron chi connectivity index (χ3n) is 6.19. The van der Waals surface area contributed by atoms with Crippen molar-refractivity contribution in [3.05, 3.63) is 63.8 Å². The summed E-state index contributed by atoms with van der Waals surface area (Å²) in [5.74, 6) is 0. The molecule has 0 spiro atoms. The highest BCUT2D eigenvalue weighted by molar-refractivity contribution is 9.10. The van der Waals surface area contributed by atoms with E-state index in [1.54, 1.807) is 16.1 Å². The lowest BCUT2D eigenvalue weighted by atomic mass is 9.98. The molecule has 1 aromatic heterocycles. The van der Waals surface area contributed by atoms with Gasteiger partial charge in [-0.1, -0.05) is 33.6 Å². The van der Waals surface area contributed by atoms with Crippen LogP contribution in [0.5, 0.6) is 0 Å². The minimum absolute atomic E-state index is 0.296. The maximum absolute atomic E-state index is 13.6. The molecule has 3 heterocycles. The Labute approximate surface area is 168 Å². The number of benzene rings is 2. The van der Waals surface area contributed by atoms with Crippen LogP contribution >= 0.6 is 15.9 Å². The Morgan fingerprint density at radius 1 is 1.07 bits per heavy atom. The third-order valence-corrected chi connectivity index (χ3v) is 8.44. The van der Waals surface area contributed by atoms with E-state index in [9.17, 15) is 8.42 Å². The fraction of sp³-hybridized carbons (Fsp3) is 0.333. The maximum atomic E-state index is 13.6. The van der Waals surface area contributed by atoms with Gasteiger partial charge in [-0.15, -0.1) is 0 Å². The summed E-state index contributed by atoms with van der Waals surface area (Å²) in [4.78, 5) is 2.77. The van der Waals surface area contributed by atoms with Crippen LogP contribution < -0.4 is 0 Å². The molecule has 140 valence electrons. The van der Waals surface area contributed by atoms with Crippen LogP contribution in [-0.4, -0.2) is 30.4 Å². The first-order valence-electron chi connectivity index (χ1n) is 9.25. The summed E-state index contributed by atoms with van der Waals surface area (Å²) in [6, 6.07) is 13.8. The first kappa shape index (κ1) is 17.5. The van der Waals surface area contributed by atoms with Gasteiger partial charge in [-0.25, -0.2) is 12.4 Å². The van der Waals surface area contributed by atoms with E-state index in [1.165, 1.54) is 5.56 Å². The van der Waals surface area contributed by atoms with E-state index in [0.29, 0.717) is 17.0 Å². The van der Waals surface area contributed by atoms with Gasteiger partial charge in [0.15, 0.2) is 0 Å². The van der Waals surface area contributed by atoms with Gasteiger partial charge >= 0.3 is 0 Å². The quantitative estimate of drug-likeness (QED) is 0.577. The minimum Gasteiger partial charge on any atom is -0.296 e. The number of nitrogens with zero attached hydrogens (tertiary/aromatic N) is 2. The highest BCUT2D eigenvalue weighted by Crippen LogP contribution is 2.48. The van der Waals surface area contributed by atoms with Crippen molar-refractivity contribution in [2.45, 2.75) is 43.2 Å². The Balaban J connectivity index is 1.84. The van der Waals surface area contributed by atoms with E-state index in [4.69, 9.17) is 0 Å². The molecular formula is C21H21BrN2O2S. The molecule has 0 radical (unpaired) electrons. The van der Waals surface area contributed by atoms with Crippen molar-refractivity contribution in [2.75, 3.05) is 7.05 Å². The lowest BCUT2D eigenvalue weighted by Gasteiger charge is -2.32. The fourth-order valence-electron chi connectivity index (χ4n) is 4.80. The molecule has 2 unspecified atom stereocenters. The van der Waals surface area contributed by atoms with Crippen LogP contribution in [0, 0.1) is 6.92 Å². The largest absolute Gasteiger partial charge is 0.296 e. The predicted molar refractivity (Wildman–Crippen MR) is 111 cm³/mol. The van der Waals surface area contributed by atoms with Crippen molar-refractivity contribution in [2.24, 2.45) is 0 Å². The van der Waals surface area contributed by atoms with Crippen molar-refractivity contribution in [3.8, 4) is 0 Å². The van der Waals surface area contributed by atoms with Crippen LogP contribution in [0.1, 0.15) is 35.7 Å². The van der Waals surface area contributed by atoms with Gasteiger partial charge in [-0.3, -0.25) is 4.90 Å². The number of aryl methyl sites for hydroxylation is 1. The number of halogens is 1. The Bertz CT molecular complexity index is 1170. The van der Waals surface area contributed by atoms with Crippen LogP contribution in [0.3, 0.4) is 0 Å². The normalized spacial score (nSPS) is 22.3. The second-order valence-corrected chi connectivity index (χ2v) is 10.4. The summed E-state index contributed by atoms with van der Waals surface area (Å²) >= 11 is 3.57. The van der Waals surface area contributed by atoms with Crippen LogP contribution in [0.2, 0.25) is 0 Å². The van der Waals surface area contributed by atoms with Gasteiger partial charge in [0.25, 0.3) is 10.0 Å². The molecule has 2 bridgehead atoms. The standard InChI is InChI=1S/C21H21BrN2O2S/c1-13-3-7-16(8-4-13)27(25,26)24-18-9-5-14(22)11-17(18)21-19-10-6-15(23(19)2)12-20(21)24/h3-5,7-9,11,15,19H,6,10,12H2,1-2H3. The summed E-state index contributed by atoms with van der Waals surface area (Å²) in [7, 11) is -1.48. The molecule has 2 aliphatic rings. The molecule has 1 fully saturated rings. The fourth-order valence-corrected chi connectivity index (χ4v) is 6.73. The van der Waals surface area contributed by atoms with Crippen LogP contribution in [0.4, 0.5) is 0 Å². The van der Waals surface area contributed by atoms with Gasteiger partial charge in [0.1, 0.15) is 0 Å². The predicted octanol–water partition coefficient (Wildman–Crippen LogP) is 4.64. The van der Waals surface area contributed by atoms with Gasteiger partial charge in [0.05, 0.1) is 10.4 Å². The molecular weight excluding hydrogens is 424 g/mol. The lowest BCUT2D eigenvalue weighted by Crippen LogP contribution is -2.35. The average molecular weight is 445 g/mol. The number of hydrogen-bond donors (Lipinski definition) is 0. The second kappa shape index (κ2) is 5.93. The summed E-state index contributed by atoms with van der Waals surface area (Å²) < 4.78 is 29.9. The molecule has 2 aliphatic heterocycles. The third kappa shape index (κ3) is 2.46. The van der Waals surface area contributed by atoms with Gasteiger partial charge in [0, 0.05) is 34.1 Å². The highest BCUT2D eigenvalue weighted by Gasteiger charge is 2.42. The molecule has 6 heteroatoms. The summed E-state index contributed by atoms with van der Waals surface area (Å²) in [6.45, 7) is 1.97. The number of rotatable bonds is 2. The van der Waals surface area contributed by atoms with E-state index in [-0.39, 0.29) is 0 Å². The first-order chi connectivity index (χ1) is 12.9. The average Bonchev–Trinajstić information content (AvgIpc) is 3.06. The first-order valence-corrected chi connectivity index (χ1v) is 11.5. The van der Waals surface area contributed by atoms with E-state index >= 15 is 0 Å². The summed E-state index contributed by atoms with van der Waals surface area (Å²) in [5, 5.41) is 1.05. The van der Waals surface area contributed by atoms with Crippen LogP contribution in [-0.2, 0) is 16.4 Å². The molecule has 1 saturated heterocycles. The molecule has 5 rings (SSSR count). The van der Waals surface area contributed by atoms with Gasteiger partial charge in [-0.05, 0) is 62.7 Å². The molecule has 0 saturated carbocycles. The van der Waals surface area contributed by atoms with Crippen molar-refractivity contribution >= 4 is 36.9 Å². The van der Waals surface area contributed by atoms with E-state index in [0.717, 1.165) is 45.9 Å². The maximum Gasteiger partial charge on any atom is 0.268 e. The smallest absolute Gasteiger partial charge is 0.268 e. The van der Waals surface area contributed by atoms with E-state index in [2.05, 4.69) is 33.9 Å². The summed E-state index contributed by atoms with van der Waals surface area (Å²) in [6.07, 6.45) is 2.99. The van der Waals surface area contributed by atoms with Gasteiger partial charge in [-0.2, -0.15) is 0 Å². The lowest BCUT2D eigenvalue weighted by molar-refractivity contribution is 0.224. The molecule has 3 aromatic rings. The Morgan fingerprint density at radius 3 is 2.56 bits per heavy atom. The van der Waals surface area contributed by atoms with Crippen molar-refractivity contribution in [1.82, 2.24) is 8.87 Å². The zero-order chi connectivity index (χ0) is 18.9.